The van der Waals surface area contributed by atoms with Crippen LogP contribution in [0, 0.1) is 12.8 Å². The average molecular weight is 297 g/mol. The number of hydrogen-bond acceptors (Lipinski definition) is 3. The molecule has 1 aromatic carbocycles. The third kappa shape index (κ3) is 3.22. The zero-order chi connectivity index (χ0) is 14.8. The lowest BCUT2D eigenvalue weighted by molar-refractivity contribution is 0.125. The Morgan fingerprint density at radius 2 is 1.90 bits per heavy atom. The maximum atomic E-state index is 12.5. The van der Waals surface area contributed by atoms with Crippen LogP contribution in [0.2, 0.25) is 0 Å². The zero-order valence-electron chi connectivity index (χ0n) is 12.1. The van der Waals surface area contributed by atoms with E-state index in [0.29, 0.717) is 23.7 Å². The molecule has 1 aromatic rings. The van der Waals surface area contributed by atoms with Gasteiger partial charge in [0.05, 0.1) is 17.0 Å². The second kappa shape index (κ2) is 5.84. The molecule has 0 atom stereocenters. The summed E-state index contributed by atoms with van der Waals surface area (Å²) in [5.74, 6) is 0.595. The van der Waals surface area contributed by atoms with Crippen molar-refractivity contribution in [3.05, 3.63) is 29.8 Å². The van der Waals surface area contributed by atoms with E-state index in [9.17, 15) is 13.5 Å². The van der Waals surface area contributed by atoms with E-state index in [4.69, 9.17) is 0 Å². The van der Waals surface area contributed by atoms with Gasteiger partial charge < -0.3 is 5.11 Å². The second-order valence-electron chi connectivity index (χ2n) is 5.99. The summed E-state index contributed by atoms with van der Waals surface area (Å²) in [5, 5.41) is 9.68. The molecule has 5 heteroatoms. The number of nitrogens with one attached hydrogen (secondary N) is 1. The van der Waals surface area contributed by atoms with E-state index >= 15 is 0 Å². The molecule has 0 bridgehead atoms. The summed E-state index contributed by atoms with van der Waals surface area (Å²) in [6, 6.07) is 6.92. The van der Waals surface area contributed by atoms with E-state index < -0.39 is 15.6 Å². The lowest BCUT2D eigenvalue weighted by Gasteiger charge is -2.38. The van der Waals surface area contributed by atoms with Crippen LogP contribution in [0.4, 0.5) is 0 Å². The average Bonchev–Trinajstić information content (AvgIpc) is 2.42. The van der Waals surface area contributed by atoms with Crippen molar-refractivity contribution in [3.63, 3.8) is 0 Å². The molecule has 2 N–H and O–H groups in total. The summed E-state index contributed by atoms with van der Waals surface area (Å²) < 4.78 is 27.8. The summed E-state index contributed by atoms with van der Waals surface area (Å²) in [5.41, 5.74) is 0.0189. The van der Waals surface area contributed by atoms with Gasteiger partial charge in [-0.1, -0.05) is 25.1 Å². The number of aryl methyl sites for hydroxylation is 1. The summed E-state index contributed by atoms with van der Waals surface area (Å²) in [7, 11) is -3.59. The van der Waals surface area contributed by atoms with Gasteiger partial charge in [0.2, 0.25) is 10.0 Å². The highest BCUT2D eigenvalue weighted by Gasteiger charge is 2.37. The number of aliphatic hydroxyl groups is 1. The fraction of sp³-hybridized carbons (Fsp3) is 0.600. The highest BCUT2D eigenvalue weighted by Crippen LogP contribution is 2.33. The first kappa shape index (κ1) is 15.5. The van der Waals surface area contributed by atoms with Crippen LogP contribution in [0.25, 0.3) is 0 Å². The summed E-state index contributed by atoms with van der Waals surface area (Å²) in [4.78, 5) is 0.298. The van der Waals surface area contributed by atoms with E-state index in [2.05, 4.69) is 11.6 Å². The van der Waals surface area contributed by atoms with E-state index in [0.717, 1.165) is 18.4 Å². The van der Waals surface area contributed by atoms with Crippen molar-refractivity contribution >= 4 is 10.0 Å². The first-order valence-corrected chi connectivity index (χ1v) is 8.57. The Balaban J connectivity index is 2.25. The smallest absolute Gasteiger partial charge is 0.241 e. The summed E-state index contributed by atoms with van der Waals surface area (Å²) in [6.07, 6.45) is 3.26. The van der Waals surface area contributed by atoms with Crippen molar-refractivity contribution in [2.24, 2.45) is 5.92 Å². The van der Waals surface area contributed by atoms with Crippen molar-refractivity contribution in [1.29, 1.82) is 0 Å². The molecule has 0 radical (unpaired) electrons. The third-order valence-corrected chi connectivity index (χ3v) is 6.01. The molecule has 0 saturated heterocycles. The molecule has 0 amide bonds. The molecule has 0 aromatic heterocycles. The van der Waals surface area contributed by atoms with E-state index in [1.54, 1.807) is 25.1 Å². The summed E-state index contributed by atoms with van der Waals surface area (Å²) in [6.45, 7) is 3.80. The predicted octanol–water partition coefficient (Wildman–Crippen LogP) is 2.21. The van der Waals surface area contributed by atoms with E-state index in [1.165, 1.54) is 0 Å². The highest BCUT2D eigenvalue weighted by atomic mass is 32.2. The Bertz CT molecular complexity index is 560. The van der Waals surface area contributed by atoms with Crippen molar-refractivity contribution in [2.45, 2.75) is 50.0 Å². The van der Waals surface area contributed by atoms with Gasteiger partial charge in [0.15, 0.2) is 0 Å². The molecule has 0 spiro atoms. The van der Waals surface area contributed by atoms with Gasteiger partial charge in [-0.15, -0.1) is 0 Å². The molecule has 1 aliphatic carbocycles. The third-order valence-electron chi connectivity index (χ3n) is 4.27. The number of aliphatic hydroxyl groups excluding tert-OH is 1. The maximum Gasteiger partial charge on any atom is 0.241 e. The standard InChI is InChI=1S/C15H23NO3S/c1-12-7-9-15(11-17,10-8-12)16-20(18,19)14-6-4-3-5-13(14)2/h3-6,12,16-17H,7-11H2,1-2H3. The number of hydrogen-bond donors (Lipinski definition) is 2. The van der Waals surface area contributed by atoms with Crippen LogP contribution in [-0.2, 0) is 10.0 Å². The van der Waals surface area contributed by atoms with Crippen LogP contribution >= 0.6 is 0 Å². The van der Waals surface area contributed by atoms with Gasteiger partial charge in [0, 0.05) is 0 Å². The van der Waals surface area contributed by atoms with Gasteiger partial charge >= 0.3 is 0 Å². The molecule has 0 aliphatic heterocycles. The SMILES string of the molecule is Cc1ccccc1S(=O)(=O)NC1(CO)CCC(C)CC1. The lowest BCUT2D eigenvalue weighted by Crippen LogP contribution is -2.53. The van der Waals surface area contributed by atoms with Crippen LogP contribution < -0.4 is 4.72 Å². The number of sulfonamides is 1. The molecule has 2 rings (SSSR count). The van der Waals surface area contributed by atoms with Crippen molar-refractivity contribution in [1.82, 2.24) is 4.72 Å². The van der Waals surface area contributed by atoms with Gasteiger partial charge in [-0.2, -0.15) is 0 Å². The minimum absolute atomic E-state index is 0.148. The Hall–Kier alpha value is -0.910. The molecule has 0 unspecified atom stereocenters. The number of rotatable bonds is 4. The van der Waals surface area contributed by atoms with Crippen molar-refractivity contribution in [3.8, 4) is 0 Å². The molecule has 1 fully saturated rings. The minimum atomic E-state index is -3.59. The maximum absolute atomic E-state index is 12.5. The predicted molar refractivity (Wildman–Crippen MR) is 78.9 cm³/mol. The van der Waals surface area contributed by atoms with Crippen LogP contribution in [0.3, 0.4) is 0 Å². The molecular formula is C15H23NO3S. The molecular weight excluding hydrogens is 274 g/mol. The highest BCUT2D eigenvalue weighted by molar-refractivity contribution is 7.89. The zero-order valence-corrected chi connectivity index (χ0v) is 12.9. The summed E-state index contributed by atoms with van der Waals surface area (Å²) >= 11 is 0. The first-order valence-electron chi connectivity index (χ1n) is 7.09. The largest absolute Gasteiger partial charge is 0.394 e. The number of benzene rings is 1. The Labute approximate surface area is 121 Å². The Morgan fingerprint density at radius 3 is 2.45 bits per heavy atom. The monoisotopic (exact) mass is 297 g/mol. The Morgan fingerprint density at radius 1 is 1.30 bits per heavy atom. The molecule has 112 valence electrons. The fourth-order valence-electron chi connectivity index (χ4n) is 2.81. The lowest BCUT2D eigenvalue weighted by atomic mass is 9.78. The normalized spacial score (nSPS) is 27.4. The van der Waals surface area contributed by atoms with Gasteiger partial charge in [-0.25, -0.2) is 13.1 Å². The van der Waals surface area contributed by atoms with Gasteiger partial charge in [-0.3, -0.25) is 0 Å². The molecule has 0 heterocycles. The van der Waals surface area contributed by atoms with Crippen molar-refractivity contribution in [2.75, 3.05) is 6.61 Å². The van der Waals surface area contributed by atoms with Gasteiger partial charge in [-0.05, 0) is 50.2 Å². The van der Waals surface area contributed by atoms with Crippen molar-refractivity contribution < 1.29 is 13.5 Å². The Kier molecular flexibility index (Phi) is 4.52. The molecule has 4 nitrogen and oxygen atoms in total. The minimum Gasteiger partial charge on any atom is -0.394 e. The topological polar surface area (TPSA) is 66.4 Å². The van der Waals surface area contributed by atoms with E-state index in [-0.39, 0.29) is 6.61 Å². The van der Waals surface area contributed by atoms with Crippen LogP contribution in [0.1, 0.15) is 38.2 Å². The second-order valence-corrected chi connectivity index (χ2v) is 7.64. The molecule has 1 saturated carbocycles. The first-order chi connectivity index (χ1) is 9.38. The molecule has 1 aliphatic rings. The van der Waals surface area contributed by atoms with Crippen LogP contribution in [0.15, 0.2) is 29.2 Å². The van der Waals surface area contributed by atoms with Crippen LogP contribution in [-0.4, -0.2) is 25.7 Å². The van der Waals surface area contributed by atoms with Gasteiger partial charge in [0.25, 0.3) is 0 Å². The van der Waals surface area contributed by atoms with Gasteiger partial charge in [0.1, 0.15) is 0 Å². The van der Waals surface area contributed by atoms with Crippen LogP contribution in [0.5, 0.6) is 0 Å². The quantitative estimate of drug-likeness (QED) is 0.895. The fourth-order valence-corrected chi connectivity index (χ4v) is 4.50. The molecule has 20 heavy (non-hydrogen) atoms. The van der Waals surface area contributed by atoms with E-state index in [1.807, 2.05) is 6.07 Å².